The van der Waals surface area contributed by atoms with Gasteiger partial charge in [0, 0.05) is 33.3 Å². The van der Waals surface area contributed by atoms with Crippen molar-refractivity contribution < 1.29 is 0 Å². The normalized spacial score (nSPS) is 16.7. The van der Waals surface area contributed by atoms with Crippen molar-refractivity contribution in [1.29, 1.82) is 0 Å². The van der Waals surface area contributed by atoms with Gasteiger partial charge in [0.1, 0.15) is 11.0 Å². The fourth-order valence-electron chi connectivity index (χ4n) is 4.23. The van der Waals surface area contributed by atoms with Crippen molar-refractivity contribution in [3.8, 4) is 0 Å². The quantitative estimate of drug-likeness (QED) is 0.588. The Morgan fingerprint density at radius 1 is 1.23 bits per heavy atom. The Hall–Kier alpha value is -2.47. The summed E-state index contributed by atoms with van der Waals surface area (Å²) in [6.45, 7) is 8.10. The van der Waals surface area contributed by atoms with Crippen molar-refractivity contribution in [3.63, 3.8) is 0 Å². The standard InChI is InChI=1S/C24H23ClN4S/c1-3-4-16(21-7-8-22(25)30-21)17-13-20(27-14(17)2)24-23-19(29-24)6-5-18(28-23)15-9-11-26-12-10-15/h3-8,13,15,26-27H,1,9-12H2,2H3/b16-4+. The van der Waals surface area contributed by atoms with Gasteiger partial charge in [-0.3, -0.25) is 0 Å². The highest BCUT2D eigenvalue weighted by atomic mass is 35.5. The first-order chi connectivity index (χ1) is 14.6. The number of H-pyrrole nitrogens is 1. The fourth-order valence-corrected chi connectivity index (χ4v) is 5.31. The molecule has 1 fully saturated rings. The molecule has 0 bridgehead atoms. The molecule has 0 atom stereocenters. The molecule has 5 heterocycles. The number of aromatic amines is 1. The van der Waals surface area contributed by atoms with Crippen LogP contribution in [0.15, 0.2) is 54.1 Å². The van der Waals surface area contributed by atoms with Crippen molar-refractivity contribution >= 4 is 34.2 Å². The third-order valence-corrected chi connectivity index (χ3v) is 7.06. The average Bonchev–Trinajstić information content (AvgIpc) is 3.33. The number of allylic oxidation sites excluding steroid dienone is 2. The van der Waals surface area contributed by atoms with E-state index in [4.69, 9.17) is 21.6 Å². The van der Waals surface area contributed by atoms with E-state index in [1.54, 1.807) is 11.3 Å². The number of hydrogen-bond donors (Lipinski definition) is 2. The van der Waals surface area contributed by atoms with E-state index in [-0.39, 0.29) is 0 Å². The predicted octanol–water partition coefficient (Wildman–Crippen LogP) is 4.31. The van der Waals surface area contributed by atoms with Gasteiger partial charge in [-0.05, 0) is 63.2 Å². The van der Waals surface area contributed by atoms with E-state index < -0.39 is 0 Å². The van der Waals surface area contributed by atoms with Crippen LogP contribution in [0.2, 0.25) is 4.34 Å². The summed E-state index contributed by atoms with van der Waals surface area (Å²) in [7, 11) is 0. The summed E-state index contributed by atoms with van der Waals surface area (Å²) in [6.07, 6.45) is 6.14. The van der Waals surface area contributed by atoms with Crippen LogP contribution in [0.1, 0.15) is 46.3 Å². The highest BCUT2D eigenvalue weighted by molar-refractivity contribution is 7.17. The highest BCUT2D eigenvalue weighted by Gasteiger charge is 2.21. The molecule has 5 rings (SSSR count). The second-order valence-corrected chi connectivity index (χ2v) is 9.45. The van der Waals surface area contributed by atoms with E-state index in [0.717, 1.165) is 74.1 Å². The number of halogens is 1. The molecule has 3 aromatic heterocycles. The predicted molar refractivity (Wildman–Crippen MR) is 125 cm³/mol. The fraction of sp³-hybridized carbons (Fsp3) is 0.250. The van der Waals surface area contributed by atoms with Gasteiger partial charge < -0.3 is 10.3 Å². The topological polar surface area (TPSA) is 53.1 Å². The Bertz CT molecular complexity index is 1270. The molecule has 0 spiro atoms. The minimum Gasteiger partial charge on any atom is -0.357 e. The molecule has 2 N–H and O–H groups in total. The minimum absolute atomic E-state index is 0.532. The number of nitrogens with one attached hydrogen (secondary N) is 2. The summed E-state index contributed by atoms with van der Waals surface area (Å²) in [5, 5.41) is 5.41. The summed E-state index contributed by atoms with van der Waals surface area (Å²) >= 11 is 7.75. The summed E-state index contributed by atoms with van der Waals surface area (Å²) in [5.41, 5.74) is 6.47. The molecule has 30 heavy (non-hydrogen) atoms. The number of hydrogen-bond acceptors (Lipinski definition) is 4. The van der Waals surface area contributed by atoms with Gasteiger partial charge in [0.15, 0.2) is 0 Å². The zero-order valence-electron chi connectivity index (χ0n) is 16.8. The lowest BCUT2D eigenvalue weighted by Crippen LogP contribution is -2.39. The van der Waals surface area contributed by atoms with Crippen molar-refractivity contribution in [2.75, 3.05) is 13.1 Å². The minimum atomic E-state index is 0.532. The van der Waals surface area contributed by atoms with E-state index >= 15 is 0 Å². The maximum absolute atomic E-state index is 6.18. The lowest BCUT2D eigenvalue weighted by atomic mass is 9.94. The van der Waals surface area contributed by atoms with Crippen LogP contribution < -0.4 is 16.0 Å². The monoisotopic (exact) mass is 434 g/mol. The van der Waals surface area contributed by atoms with E-state index in [9.17, 15) is 0 Å². The van der Waals surface area contributed by atoms with Crippen LogP contribution >= 0.6 is 22.9 Å². The number of fused-ring (bicyclic) bond motifs is 1. The van der Waals surface area contributed by atoms with Crippen LogP contribution in [0, 0.1) is 6.92 Å². The molecule has 0 radical (unpaired) electrons. The van der Waals surface area contributed by atoms with E-state index in [1.165, 1.54) is 5.69 Å². The molecule has 6 heteroatoms. The first-order valence-electron chi connectivity index (χ1n) is 10.2. The first kappa shape index (κ1) is 19.5. The number of thiophene rings is 1. The van der Waals surface area contributed by atoms with Gasteiger partial charge in [-0.25, -0.2) is 9.98 Å². The third-order valence-electron chi connectivity index (χ3n) is 5.79. The zero-order chi connectivity index (χ0) is 20.7. The van der Waals surface area contributed by atoms with Crippen LogP contribution in [-0.4, -0.2) is 23.1 Å². The van der Waals surface area contributed by atoms with Crippen molar-refractivity contribution in [3.05, 3.63) is 91.6 Å². The van der Waals surface area contributed by atoms with Crippen molar-refractivity contribution in [2.24, 2.45) is 4.99 Å². The van der Waals surface area contributed by atoms with E-state index in [0.29, 0.717) is 5.92 Å². The van der Waals surface area contributed by atoms with Gasteiger partial charge in [0.25, 0.3) is 0 Å². The zero-order valence-corrected chi connectivity index (χ0v) is 18.4. The third kappa shape index (κ3) is 3.47. The molecule has 1 saturated heterocycles. The molecular formula is C24H23ClN4S. The molecule has 0 unspecified atom stereocenters. The summed E-state index contributed by atoms with van der Waals surface area (Å²) in [4.78, 5) is 14.4. The van der Waals surface area contributed by atoms with Crippen LogP contribution in [0.25, 0.3) is 11.3 Å². The Morgan fingerprint density at radius 2 is 2.07 bits per heavy atom. The number of aryl methyl sites for hydroxylation is 1. The number of pyridine rings is 1. The molecule has 0 saturated carbocycles. The molecule has 0 aromatic carbocycles. The average molecular weight is 435 g/mol. The largest absolute Gasteiger partial charge is 0.357 e. The molecule has 3 aromatic rings. The van der Waals surface area contributed by atoms with Gasteiger partial charge in [-0.15, -0.1) is 11.3 Å². The molecular weight excluding hydrogens is 412 g/mol. The molecule has 2 aliphatic rings. The Morgan fingerprint density at radius 3 is 2.80 bits per heavy atom. The summed E-state index contributed by atoms with van der Waals surface area (Å²) < 4.78 is 0.778. The molecule has 2 aliphatic heterocycles. The van der Waals surface area contributed by atoms with Crippen LogP contribution in [-0.2, 0) is 0 Å². The van der Waals surface area contributed by atoms with Gasteiger partial charge >= 0.3 is 0 Å². The molecule has 152 valence electrons. The molecule has 4 nitrogen and oxygen atoms in total. The van der Waals surface area contributed by atoms with Crippen LogP contribution in [0.4, 0.5) is 0 Å². The Balaban J connectivity index is 1.54. The smallest absolute Gasteiger partial charge is 0.117 e. The lowest BCUT2D eigenvalue weighted by Gasteiger charge is -2.22. The van der Waals surface area contributed by atoms with Crippen LogP contribution in [0.3, 0.4) is 0 Å². The second kappa shape index (κ2) is 7.99. The molecule has 0 aliphatic carbocycles. The van der Waals surface area contributed by atoms with Gasteiger partial charge in [-0.2, -0.15) is 0 Å². The lowest BCUT2D eigenvalue weighted by molar-refractivity contribution is 0.452. The van der Waals surface area contributed by atoms with E-state index in [2.05, 4.69) is 48.1 Å². The maximum atomic E-state index is 6.18. The SMILES string of the molecule is C=C/C=C(/c1ccc(Cl)s1)c1cc(C2=c3nc(C4CCNCC4)ccc3=N2)[nH]c1C. The Labute approximate surface area is 184 Å². The van der Waals surface area contributed by atoms with E-state index in [1.807, 2.05) is 18.2 Å². The maximum Gasteiger partial charge on any atom is 0.117 e. The van der Waals surface area contributed by atoms with Crippen molar-refractivity contribution in [2.45, 2.75) is 25.7 Å². The summed E-state index contributed by atoms with van der Waals surface area (Å²) in [5.74, 6) is 0.532. The summed E-state index contributed by atoms with van der Waals surface area (Å²) in [6, 6.07) is 10.4. The number of piperidine rings is 1. The van der Waals surface area contributed by atoms with Crippen molar-refractivity contribution in [1.82, 2.24) is 15.3 Å². The van der Waals surface area contributed by atoms with Gasteiger partial charge in [-0.1, -0.05) is 30.3 Å². The number of rotatable bonds is 5. The number of nitrogens with zero attached hydrogens (tertiary/aromatic N) is 2. The first-order valence-corrected chi connectivity index (χ1v) is 11.4. The second-order valence-electron chi connectivity index (χ2n) is 7.73. The van der Waals surface area contributed by atoms with Crippen LogP contribution in [0.5, 0.6) is 0 Å². The highest BCUT2D eigenvalue weighted by Crippen LogP contribution is 2.34. The number of aromatic nitrogens is 2. The molecule has 0 amide bonds. The van der Waals surface area contributed by atoms with Gasteiger partial charge in [0.2, 0.25) is 0 Å². The van der Waals surface area contributed by atoms with Gasteiger partial charge in [0.05, 0.1) is 15.4 Å². The Kier molecular flexibility index (Phi) is 5.19.